The molecule has 2 heteroatoms. The molecule has 0 aliphatic rings. The van der Waals surface area contributed by atoms with Gasteiger partial charge in [-0.15, -0.1) is 0 Å². The van der Waals surface area contributed by atoms with Crippen molar-refractivity contribution in [2.45, 2.75) is 33.6 Å². The van der Waals surface area contributed by atoms with E-state index in [-0.39, 0.29) is 11.6 Å². The Morgan fingerprint density at radius 2 is 1.71 bits per heavy atom. The average molecular weight is 230 g/mol. The average Bonchev–Trinajstić information content (AvgIpc) is 2.28. The summed E-state index contributed by atoms with van der Waals surface area (Å²) < 4.78 is 0. The zero-order valence-electron chi connectivity index (χ0n) is 10.6. The first kappa shape index (κ1) is 13.4. The van der Waals surface area contributed by atoms with Crippen LogP contribution in [0.1, 0.15) is 42.6 Å². The van der Waals surface area contributed by atoms with E-state index in [1.807, 2.05) is 37.3 Å². The maximum atomic E-state index is 12.0. The Hall–Kier alpha value is -1.70. The van der Waals surface area contributed by atoms with Gasteiger partial charge in [-0.05, 0) is 32.8 Å². The van der Waals surface area contributed by atoms with Crippen LogP contribution in [0.4, 0.5) is 0 Å². The second-order valence-electron chi connectivity index (χ2n) is 4.32. The molecule has 0 fully saturated rings. The summed E-state index contributed by atoms with van der Waals surface area (Å²) >= 11 is 0. The molecule has 90 valence electrons. The molecular weight excluding hydrogens is 212 g/mol. The fourth-order valence-electron chi connectivity index (χ4n) is 1.52. The standard InChI is InChI=1S/C15H18O2/c1-11-7-9-14(10-8-11)15(17)12(2)5-4-6-13(3)16/h5,7-10H,4,6H2,1-3H3. The summed E-state index contributed by atoms with van der Waals surface area (Å²) in [5.74, 6) is 0.186. The first-order valence-electron chi connectivity index (χ1n) is 5.78. The van der Waals surface area contributed by atoms with Crippen LogP contribution in [0, 0.1) is 6.92 Å². The fourth-order valence-corrected chi connectivity index (χ4v) is 1.52. The molecule has 0 aliphatic carbocycles. The van der Waals surface area contributed by atoms with Crippen molar-refractivity contribution in [2.75, 3.05) is 0 Å². The highest BCUT2D eigenvalue weighted by Crippen LogP contribution is 2.10. The number of ketones is 2. The summed E-state index contributed by atoms with van der Waals surface area (Å²) in [5.41, 5.74) is 2.54. The van der Waals surface area contributed by atoms with E-state index in [2.05, 4.69) is 0 Å². The van der Waals surface area contributed by atoms with Crippen LogP contribution < -0.4 is 0 Å². The molecule has 0 saturated carbocycles. The fraction of sp³-hybridized carbons (Fsp3) is 0.333. The van der Waals surface area contributed by atoms with E-state index in [4.69, 9.17) is 0 Å². The number of allylic oxidation sites excluding steroid dienone is 2. The lowest BCUT2D eigenvalue weighted by molar-refractivity contribution is -0.116. The second kappa shape index (κ2) is 6.14. The van der Waals surface area contributed by atoms with Gasteiger partial charge < -0.3 is 4.79 Å². The highest BCUT2D eigenvalue weighted by atomic mass is 16.1. The van der Waals surface area contributed by atoms with Crippen LogP contribution in [-0.2, 0) is 4.79 Å². The van der Waals surface area contributed by atoms with E-state index in [9.17, 15) is 9.59 Å². The predicted octanol–water partition coefficient (Wildman–Crippen LogP) is 3.49. The quantitative estimate of drug-likeness (QED) is 0.573. The molecule has 0 spiro atoms. The summed E-state index contributed by atoms with van der Waals surface area (Å²) in [4.78, 5) is 22.8. The van der Waals surface area contributed by atoms with Crippen LogP contribution in [0.15, 0.2) is 35.9 Å². The number of aryl methyl sites for hydroxylation is 1. The zero-order chi connectivity index (χ0) is 12.8. The summed E-state index contributed by atoms with van der Waals surface area (Å²) in [6.07, 6.45) is 2.97. The SMILES string of the molecule is CC(=O)CCC=C(C)C(=O)c1ccc(C)cc1. The molecule has 0 radical (unpaired) electrons. The molecule has 0 amide bonds. The van der Waals surface area contributed by atoms with E-state index in [1.54, 1.807) is 13.8 Å². The molecule has 1 rings (SSSR count). The molecule has 0 saturated heterocycles. The molecule has 0 atom stereocenters. The van der Waals surface area contributed by atoms with Gasteiger partial charge in [0.1, 0.15) is 5.78 Å². The minimum absolute atomic E-state index is 0.0357. The van der Waals surface area contributed by atoms with Gasteiger partial charge in [0.05, 0.1) is 0 Å². The molecule has 1 aromatic rings. The maximum absolute atomic E-state index is 12.0. The first-order valence-corrected chi connectivity index (χ1v) is 5.78. The van der Waals surface area contributed by atoms with Crippen molar-refractivity contribution in [3.05, 3.63) is 47.0 Å². The predicted molar refractivity (Wildman–Crippen MR) is 69.2 cm³/mol. The normalized spacial score (nSPS) is 11.4. The van der Waals surface area contributed by atoms with Gasteiger partial charge in [-0.2, -0.15) is 0 Å². The van der Waals surface area contributed by atoms with Crippen LogP contribution in [-0.4, -0.2) is 11.6 Å². The van der Waals surface area contributed by atoms with Crippen molar-refractivity contribution < 1.29 is 9.59 Å². The number of Topliss-reactive ketones (excluding diaryl/α,β-unsaturated/α-hetero) is 2. The lowest BCUT2D eigenvalue weighted by Gasteiger charge is -2.02. The third-order valence-electron chi connectivity index (χ3n) is 2.62. The first-order chi connectivity index (χ1) is 8.00. The minimum Gasteiger partial charge on any atom is -0.300 e. The highest BCUT2D eigenvalue weighted by Gasteiger charge is 2.07. The van der Waals surface area contributed by atoms with Gasteiger partial charge >= 0.3 is 0 Å². The lowest BCUT2D eigenvalue weighted by atomic mass is 10.0. The number of carbonyl (C=O) groups is 2. The number of hydrogen-bond acceptors (Lipinski definition) is 2. The summed E-state index contributed by atoms with van der Waals surface area (Å²) in [7, 11) is 0. The molecule has 0 aliphatic heterocycles. The smallest absolute Gasteiger partial charge is 0.188 e. The molecule has 0 bridgehead atoms. The van der Waals surface area contributed by atoms with Crippen LogP contribution in [0.5, 0.6) is 0 Å². The number of benzene rings is 1. The Labute approximate surface area is 102 Å². The second-order valence-corrected chi connectivity index (χ2v) is 4.32. The van der Waals surface area contributed by atoms with Crippen molar-refractivity contribution in [2.24, 2.45) is 0 Å². The van der Waals surface area contributed by atoms with Gasteiger partial charge in [0.25, 0.3) is 0 Å². The summed E-state index contributed by atoms with van der Waals surface area (Å²) in [6, 6.07) is 7.52. The third kappa shape index (κ3) is 4.35. The minimum atomic E-state index is 0.0357. The van der Waals surface area contributed by atoms with Gasteiger partial charge in [-0.1, -0.05) is 35.9 Å². The Bertz CT molecular complexity index is 438. The van der Waals surface area contributed by atoms with Crippen molar-refractivity contribution in [3.63, 3.8) is 0 Å². The molecular formula is C15H18O2. The molecule has 0 heterocycles. The van der Waals surface area contributed by atoms with Crippen LogP contribution in [0.2, 0.25) is 0 Å². The number of rotatable bonds is 5. The Morgan fingerprint density at radius 3 is 2.24 bits per heavy atom. The Balaban J connectivity index is 2.69. The topological polar surface area (TPSA) is 34.1 Å². The van der Waals surface area contributed by atoms with Gasteiger partial charge in [-0.25, -0.2) is 0 Å². The van der Waals surface area contributed by atoms with E-state index in [0.717, 1.165) is 5.56 Å². The number of hydrogen-bond donors (Lipinski definition) is 0. The molecule has 0 unspecified atom stereocenters. The Morgan fingerprint density at radius 1 is 1.12 bits per heavy atom. The lowest BCUT2D eigenvalue weighted by Crippen LogP contribution is -2.01. The monoisotopic (exact) mass is 230 g/mol. The largest absolute Gasteiger partial charge is 0.300 e. The van der Waals surface area contributed by atoms with Gasteiger partial charge in [0.2, 0.25) is 0 Å². The molecule has 0 N–H and O–H groups in total. The van der Waals surface area contributed by atoms with E-state index in [0.29, 0.717) is 24.0 Å². The van der Waals surface area contributed by atoms with E-state index >= 15 is 0 Å². The van der Waals surface area contributed by atoms with Gasteiger partial charge in [-0.3, -0.25) is 4.79 Å². The van der Waals surface area contributed by atoms with Crippen molar-refractivity contribution in [3.8, 4) is 0 Å². The summed E-state index contributed by atoms with van der Waals surface area (Å²) in [5, 5.41) is 0. The van der Waals surface area contributed by atoms with Crippen LogP contribution in [0.3, 0.4) is 0 Å². The van der Waals surface area contributed by atoms with Crippen LogP contribution >= 0.6 is 0 Å². The molecule has 17 heavy (non-hydrogen) atoms. The zero-order valence-corrected chi connectivity index (χ0v) is 10.6. The van der Waals surface area contributed by atoms with E-state index in [1.165, 1.54) is 0 Å². The highest BCUT2D eigenvalue weighted by molar-refractivity contribution is 6.08. The molecule has 0 aromatic heterocycles. The van der Waals surface area contributed by atoms with Gasteiger partial charge in [0.15, 0.2) is 5.78 Å². The van der Waals surface area contributed by atoms with Gasteiger partial charge in [0, 0.05) is 12.0 Å². The molecule has 1 aromatic carbocycles. The van der Waals surface area contributed by atoms with E-state index < -0.39 is 0 Å². The van der Waals surface area contributed by atoms with Crippen molar-refractivity contribution >= 4 is 11.6 Å². The Kier molecular flexibility index (Phi) is 4.83. The van der Waals surface area contributed by atoms with Crippen LogP contribution in [0.25, 0.3) is 0 Å². The van der Waals surface area contributed by atoms with Crippen molar-refractivity contribution in [1.29, 1.82) is 0 Å². The molecule has 2 nitrogen and oxygen atoms in total. The third-order valence-corrected chi connectivity index (χ3v) is 2.62. The summed E-state index contributed by atoms with van der Waals surface area (Å²) in [6.45, 7) is 5.34. The van der Waals surface area contributed by atoms with Crippen molar-refractivity contribution in [1.82, 2.24) is 0 Å². The maximum Gasteiger partial charge on any atom is 0.188 e. The number of carbonyl (C=O) groups excluding carboxylic acids is 2.